The van der Waals surface area contributed by atoms with Gasteiger partial charge in [0.15, 0.2) is 5.78 Å². The molecule has 3 nitrogen and oxygen atoms in total. The van der Waals surface area contributed by atoms with Crippen LogP contribution in [-0.4, -0.2) is 29.7 Å². The molecule has 2 aromatic carbocycles. The molecule has 0 aliphatic rings. The fraction of sp³-hybridized carbons (Fsp3) is 0.300. The zero-order valence-electron chi connectivity index (χ0n) is 13.9. The van der Waals surface area contributed by atoms with Crippen molar-refractivity contribution >= 4 is 27.6 Å². The van der Waals surface area contributed by atoms with Crippen molar-refractivity contribution in [3.8, 4) is 0 Å². The van der Waals surface area contributed by atoms with Gasteiger partial charge in [0.1, 0.15) is 0 Å². The fourth-order valence-electron chi connectivity index (χ4n) is 2.42. The highest BCUT2D eigenvalue weighted by Crippen LogP contribution is 2.12. The number of rotatable bonds is 8. The van der Waals surface area contributed by atoms with Crippen molar-refractivity contribution in [1.29, 1.82) is 0 Å². The summed E-state index contributed by atoms with van der Waals surface area (Å²) in [5, 5.41) is 0. The van der Waals surface area contributed by atoms with E-state index in [2.05, 4.69) is 22.9 Å². The molecule has 2 rings (SSSR count). The smallest absolute Gasteiger partial charge is 0.227 e. The van der Waals surface area contributed by atoms with Crippen LogP contribution in [0.4, 0.5) is 0 Å². The van der Waals surface area contributed by atoms with Gasteiger partial charge in [-0.05, 0) is 24.1 Å². The standard InChI is InChI=1S/C20H22BrNO2/c1-2-3-13-22(15-19(23)17-7-5-4-6-8-17)20(24)14-16-9-11-18(21)12-10-16/h4-12H,2-3,13-15H2,1H3. The molecule has 24 heavy (non-hydrogen) atoms. The first-order chi connectivity index (χ1) is 11.6. The fourth-order valence-corrected chi connectivity index (χ4v) is 2.68. The Balaban J connectivity index is 2.04. The predicted octanol–water partition coefficient (Wildman–Crippen LogP) is 4.50. The lowest BCUT2D eigenvalue weighted by Gasteiger charge is -2.22. The van der Waals surface area contributed by atoms with Crippen LogP contribution in [0.2, 0.25) is 0 Å². The number of nitrogens with zero attached hydrogens (tertiary/aromatic N) is 1. The number of amides is 1. The van der Waals surface area contributed by atoms with Gasteiger partial charge in [-0.25, -0.2) is 0 Å². The Kier molecular flexibility index (Phi) is 7.19. The Morgan fingerprint density at radius 3 is 2.29 bits per heavy atom. The van der Waals surface area contributed by atoms with Crippen LogP contribution in [-0.2, 0) is 11.2 Å². The third-order valence-corrected chi connectivity index (χ3v) is 4.36. The summed E-state index contributed by atoms with van der Waals surface area (Å²) in [4.78, 5) is 26.7. The molecule has 0 saturated carbocycles. The van der Waals surface area contributed by atoms with E-state index in [1.165, 1.54) is 0 Å². The van der Waals surface area contributed by atoms with E-state index in [1.54, 1.807) is 17.0 Å². The Hall–Kier alpha value is -1.94. The largest absolute Gasteiger partial charge is 0.335 e. The first-order valence-electron chi connectivity index (χ1n) is 8.20. The Morgan fingerprint density at radius 2 is 1.67 bits per heavy atom. The van der Waals surface area contributed by atoms with Crippen LogP contribution in [0.1, 0.15) is 35.7 Å². The molecule has 0 aliphatic carbocycles. The maximum Gasteiger partial charge on any atom is 0.227 e. The third kappa shape index (κ3) is 5.60. The molecule has 0 aromatic heterocycles. The van der Waals surface area contributed by atoms with E-state index in [0.717, 1.165) is 22.9 Å². The van der Waals surface area contributed by atoms with E-state index < -0.39 is 0 Å². The molecule has 0 aliphatic heterocycles. The minimum atomic E-state index is -0.0177. The number of benzene rings is 2. The number of ketones is 1. The van der Waals surface area contributed by atoms with Gasteiger partial charge in [0.05, 0.1) is 13.0 Å². The molecule has 2 aromatic rings. The molecule has 0 bridgehead atoms. The second-order valence-corrected chi connectivity index (χ2v) is 6.68. The highest BCUT2D eigenvalue weighted by Gasteiger charge is 2.18. The summed E-state index contributed by atoms with van der Waals surface area (Å²) in [6.07, 6.45) is 2.20. The maximum absolute atomic E-state index is 12.6. The van der Waals surface area contributed by atoms with Crippen LogP contribution in [0, 0.1) is 0 Å². The molecule has 126 valence electrons. The van der Waals surface area contributed by atoms with Crippen molar-refractivity contribution in [3.05, 3.63) is 70.2 Å². The second kappa shape index (κ2) is 9.38. The summed E-state index contributed by atoms with van der Waals surface area (Å²) < 4.78 is 0.987. The second-order valence-electron chi connectivity index (χ2n) is 5.76. The molecule has 0 unspecified atom stereocenters. The van der Waals surface area contributed by atoms with Gasteiger partial charge in [-0.15, -0.1) is 0 Å². The van der Waals surface area contributed by atoms with Crippen molar-refractivity contribution < 1.29 is 9.59 Å². The van der Waals surface area contributed by atoms with Gasteiger partial charge < -0.3 is 4.90 Å². The summed E-state index contributed by atoms with van der Waals surface area (Å²) in [6, 6.07) is 16.9. The minimum absolute atomic E-state index is 0.00458. The van der Waals surface area contributed by atoms with Crippen molar-refractivity contribution in [1.82, 2.24) is 4.90 Å². The zero-order chi connectivity index (χ0) is 17.4. The molecule has 0 N–H and O–H groups in total. The number of hydrogen-bond donors (Lipinski definition) is 0. The SMILES string of the molecule is CCCCN(CC(=O)c1ccccc1)C(=O)Cc1ccc(Br)cc1. The number of Topliss-reactive ketones (excluding diaryl/α,β-unsaturated/α-hetero) is 1. The van der Waals surface area contributed by atoms with Gasteiger partial charge in [0.2, 0.25) is 5.91 Å². The van der Waals surface area contributed by atoms with Crippen LogP contribution >= 0.6 is 15.9 Å². The predicted molar refractivity (Wildman–Crippen MR) is 100 cm³/mol. The van der Waals surface area contributed by atoms with Crippen molar-refractivity contribution in [3.63, 3.8) is 0 Å². The average Bonchev–Trinajstić information content (AvgIpc) is 2.61. The normalized spacial score (nSPS) is 10.4. The van der Waals surface area contributed by atoms with Crippen LogP contribution in [0.5, 0.6) is 0 Å². The number of carbonyl (C=O) groups is 2. The third-order valence-electron chi connectivity index (χ3n) is 3.83. The quantitative estimate of drug-likeness (QED) is 0.625. The number of halogens is 1. The first-order valence-corrected chi connectivity index (χ1v) is 9.00. The summed E-state index contributed by atoms with van der Waals surface area (Å²) in [5.74, 6) is -0.0223. The zero-order valence-corrected chi connectivity index (χ0v) is 15.5. The summed E-state index contributed by atoms with van der Waals surface area (Å²) in [7, 11) is 0. The molecular weight excluding hydrogens is 366 g/mol. The van der Waals surface area contributed by atoms with E-state index in [0.29, 0.717) is 18.5 Å². The van der Waals surface area contributed by atoms with Gasteiger partial charge >= 0.3 is 0 Å². The van der Waals surface area contributed by atoms with Crippen molar-refractivity contribution in [2.24, 2.45) is 0 Å². The van der Waals surface area contributed by atoms with Crippen LogP contribution in [0.25, 0.3) is 0 Å². The van der Waals surface area contributed by atoms with E-state index >= 15 is 0 Å². The molecule has 0 fully saturated rings. The topological polar surface area (TPSA) is 37.4 Å². The number of carbonyl (C=O) groups excluding carboxylic acids is 2. The summed E-state index contributed by atoms with van der Waals surface area (Å²) in [5.41, 5.74) is 1.60. The number of hydrogen-bond acceptors (Lipinski definition) is 2. The van der Waals surface area contributed by atoms with E-state index in [4.69, 9.17) is 0 Å². The van der Waals surface area contributed by atoms with Crippen LogP contribution in [0.3, 0.4) is 0 Å². The highest BCUT2D eigenvalue weighted by atomic mass is 79.9. The van der Waals surface area contributed by atoms with E-state index in [-0.39, 0.29) is 18.2 Å². The lowest BCUT2D eigenvalue weighted by Crippen LogP contribution is -2.37. The van der Waals surface area contributed by atoms with E-state index in [1.807, 2.05) is 42.5 Å². The average molecular weight is 388 g/mol. The van der Waals surface area contributed by atoms with E-state index in [9.17, 15) is 9.59 Å². The van der Waals surface area contributed by atoms with Gasteiger partial charge in [-0.1, -0.05) is 71.7 Å². The monoisotopic (exact) mass is 387 g/mol. The van der Waals surface area contributed by atoms with Crippen LogP contribution in [0.15, 0.2) is 59.1 Å². The Morgan fingerprint density at radius 1 is 1.00 bits per heavy atom. The van der Waals surface area contributed by atoms with Gasteiger partial charge in [-0.3, -0.25) is 9.59 Å². The molecule has 0 spiro atoms. The molecule has 1 amide bonds. The molecule has 0 saturated heterocycles. The molecular formula is C20H22BrNO2. The Bertz CT molecular complexity index is 668. The first kappa shape index (κ1) is 18.4. The van der Waals surface area contributed by atoms with Crippen molar-refractivity contribution in [2.75, 3.05) is 13.1 Å². The lowest BCUT2D eigenvalue weighted by atomic mass is 10.1. The lowest BCUT2D eigenvalue weighted by molar-refractivity contribution is -0.130. The minimum Gasteiger partial charge on any atom is -0.335 e. The van der Waals surface area contributed by atoms with Crippen molar-refractivity contribution in [2.45, 2.75) is 26.2 Å². The molecule has 0 heterocycles. The van der Waals surface area contributed by atoms with Crippen LogP contribution < -0.4 is 0 Å². The number of unbranched alkanes of at least 4 members (excludes halogenated alkanes) is 1. The van der Waals surface area contributed by atoms with Gasteiger partial charge in [0.25, 0.3) is 0 Å². The molecule has 0 atom stereocenters. The van der Waals surface area contributed by atoms with Gasteiger partial charge in [-0.2, -0.15) is 0 Å². The van der Waals surface area contributed by atoms with Gasteiger partial charge in [0, 0.05) is 16.6 Å². The molecule has 0 radical (unpaired) electrons. The molecule has 4 heteroatoms. The Labute approximate surface area is 151 Å². The summed E-state index contributed by atoms with van der Waals surface area (Å²) in [6.45, 7) is 2.83. The highest BCUT2D eigenvalue weighted by molar-refractivity contribution is 9.10. The summed E-state index contributed by atoms with van der Waals surface area (Å²) >= 11 is 3.39. The maximum atomic E-state index is 12.6.